The summed E-state index contributed by atoms with van der Waals surface area (Å²) in [5.74, 6) is 6.99. The Labute approximate surface area is 141 Å². The monoisotopic (exact) mass is 354 g/mol. The van der Waals surface area contributed by atoms with Crippen molar-refractivity contribution >= 4 is 15.9 Å². The van der Waals surface area contributed by atoms with Crippen molar-refractivity contribution in [2.75, 3.05) is 18.7 Å². The fourth-order valence-corrected chi connectivity index (χ4v) is 3.20. The summed E-state index contributed by atoms with van der Waals surface area (Å²) in [5, 5.41) is 0. The van der Waals surface area contributed by atoms with Gasteiger partial charge in [0.2, 0.25) is 5.82 Å². The van der Waals surface area contributed by atoms with Crippen LogP contribution < -0.4 is 21.0 Å². The summed E-state index contributed by atoms with van der Waals surface area (Å²) in [6.45, 7) is 6.87. The number of methoxy groups -OCH3 is 1. The van der Waals surface area contributed by atoms with Crippen LogP contribution in [0.3, 0.4) is 0 Å². The molecule has 2 aromatic rings. The fourth-order valence-electron chi connectivity index (χ4n) is 2.29. The molecule has 0 aliphatic rings. The molecule has 0 aliphatic heterocycles. The third kappa shape index (κ3) is 4.80. The average Bonchev–Trinajstić information content (AvgIpc) is 2.42. The molecule has 0 amide bonds. The summed E-state index contributed by atoms with van der Waals surface area (Å²) in [4.78, 5) is 3.90. The molecule has 8 nitrogen and oxygen atoms in total. The van der Waals surface area contributed by atoms with Gasteiger partial charge in [-0.05, 0) is 31.9 Å². The minimum Gasteiger partial charge on any atom is -0.744 e. The largest absolute Gasteiger partial charge is 0.744 e. The maximum Gasteiger partial charge on any atom is 0.296 e. The lowest BCUT2D eigenvalue weighted by Crippen LogP contribution is -2.50. The number of benzene rings is 1. The molecular formula is C15H22N4O4S. The predicted octanol–water partition coefficient (Wildman–Crippen LogP) is 0.498. The van der Waals surface area contributed by atoms with Crippen LogP contribution in [0.5, 0.6) is 5.88 Å². The minimum atomic E-state index is -4.33. The molecule has 0 saturated heterocycles. The maximum atomic E-state index is 10.8. The lowest BCUT2D eigenvalue weighted by atomic mass is 10.1. The third-order valence-electron chi connectivity index (χ3n) is 3.23. The second kappa shape index (κ2) is 7.45. The summed E-state index contributed by atoms with van der Waals surface area (Å²) >= 11 is 0. The Hall–Kier alpha value is -2.39. The van der Waals surface area contributed by atoms with Crippen molar-refractivity contribution in [2.24, 2.45) is 0 Å². The van der Waals surface area contributed by atoms with Crippen LogP contribution in [0.1, 0.15) is 22.5 Å². The van der Waals surface area contributed by atoms with E-state index < -0.39 is 10.1 Å². The second-order valence-electron chi connectivity index (χ2n) is 5.32. The number of nitrogens with two attached hydrogens (primary N) is 2. The molecule has 24 heavy (non-hydrogen) atoms. The van der Waals surface area contributed by atoms with Crippen molar-refractivity contribution in [3.05, 3.63) is 40.7 Å². The molecule has 2 rings (SSSR count). The Morgan fingerprint density at radius 3 is 2.00 bits per heavy atom. The van der Waals surface area contributed by atoms with Crippen molar-refractivity contribution < 1.29 is 22.4 Å². The molecule has 0 fully saturated rings. The van der Waals surface area contributed by atoms with Gasteiger partial charge in [0.05, 0.1) is 18.1 Å². The van der Waals surface area contributed by atoms with Crippen molar-refractivity contribution in [1.82, 2.24) is 4.98 Å². The number of rotatable bonds is 2. The summed E-state index contributed by atoms with van der Waals surface area (Å²) < 4.78 is 38.7. The van der Waals surface area contributed by atoms with Crippen molar-refractivity contribution in [3.63, 3.8) is 0 Å². The molecule has 0 unspecified atom stereocenters. The van der Waals surface area contributed by atoms with Crippen LogP contribution >= 0.6 is 0 Å². The number of anilines is 1. The van der Waals surface area contributed by atoms with Gasteiger partial charge in [0.15, 0.2) is 0 Å². The lowest BCUT2D eigenvalue weighted by Gasteiger charge is -2.14. The highest BCUT2D eigenvalue weighted by Crippen LogP contribution is 2.20. The molecule has 0 aliphatic carbocycles. The van der Waals surface area contributed by atoms with E-state index in [2.05, 4.69) is 4.98 Å². The molecule has 132 valence electrons. The number of aromatic nitrogens is 2. The van der Waals surface area contributed by atoms with E-state index in [0.717, 1.165) is 5.56 Å². The van der Waals surface area contributed by atoms with Gasteiger partial charge < -0.3 is 15.0 Å². The molecule has 1 heterocycles. The zero-order chi connectivity index (χ0) is 18.7. The first-order valence-corrected chi connectivity index (χ1v) is 8.40. The summed E-state index contributed by atoms with van der Waals surface area (Å²) in [5.41, 5.74) is 7.52. The quantitative estimate of drug-likeness (QED) is 0.455. The third-order valence-corrected chi connectivity index (χ3v) is 4.38. The number of hydrogen-bond acceptors (Lipinski definition) is 7. The van der Waals surface area contributed by atoms with E-state index in [4.69, 9.17) is 16.3 Å². The summed E-state index contributed by atoms with van der Waals surface area (Å²) in [6.07, 6.45) is 0. The first-order chi connectivity index (χ1) is 11.0. The molecule has 0 bridgehead atoms. The van der Waals surface area contributed by atoms with Crippen LogP contribution in [0.15, 0.2) is 23.1 Å². The van der Waals surface area contributed by atoms with E-state index in [1.54, 1.807) is 39.0 Å². The first-order valence-electron chi connectivity index (χ1n) is 6.99. The molecule has 9 heteroatoms. The second-order valence-corrected chi connectivity index (χ2v) is 6.64. The highest BCUT2D eigenvalue weighted by molar-refractivity contribution is 7.85. The minimum absolute atomic E-state index is 0.0851. The summed E-state index contributed by atoms with van der Waals surface area (Å²) in [6, 6.07) is 4.95. The highest BCUT2D eigenvalue weighted by Gasteiger charge is 2.10. The number of aryl methyl sites for hydroxylation is 4. The molecule has 0 spiro atoms. The van der Waals surface area contributed by atoms with Gasteiger partial charge in [-0.15, -0.1) is 4.68 Å². The Kier molecular flexibility index (Phi) is 6.10. The lowest BCUT2D eigenvalue weighted by molar-refractivity contribution is -0.634. The Balaban J connectivity index is 0.000000243. The van der Waals surface area contributed by atoms with Crippen LogP contribution in [0.4, 0.5) is 5.82 Å². The SMILES string of the molecule is COc1cc(N)[n+](N)c(C)n1.Cc1cc(C)c(S(=O)(=O)[O-])c(C)c1. The number of ether oxygens (including phenoxy) is 1. The number of nitrogens with zero attached hydrogens (tertiary/aromatic N) is 2. The van der Waals surface area contributed by atoms with Crippen molar-refractivity contribution in [2.45, 2.75) is 32.6 Å². The summed E-state index contributed by atoms with van der Waals surface area (Å²) in [7, 11) is -2.80. The van der Waals surface area contributed by atoms with Crippen LogP contribution in [-0.2, 0) is 10.1 Å². The standard InChI is InChI=1S/C9H12O3S.C6H10N4O/c1-6-4-7(2)9(8(3)5-6)13(10,11)12;1-4-9-6(11-2)3-5(7)10(4)8/h4-5H,1-3H3,(H,10,11,12);3,7H,8H2,1-2H3. The van der Waals surface area contributed by atoms with Crippen LogP contribution in [-0.4, -0.2) is 25.1 Å². The van der Waals surface area contributed by atoms with E-state index in [9.17, 15) is 13.0 Å². The predicted molar refractivity (Wildman–Crippen MR) is 88.9 cm³/mol. The highest BCUT2D eigenvalue weighted by atomic mass is 32.2. The van der Waals surface area contributed by atoms with Gasteiger partial charge >= 0.3 is 0 Å². The molecule has 0 radical (unpaired) electrons. The van der Waals surface area contributed by atoms with E-state index in [-0.39, 0.29) is 4.90 Å². The van der Waals surface area contributed by atoms with E-state index in [1.807, 2.05) is 6.92 Å². The van der Waals surface area contributed by atoms with Gasteiger partial charge in [0.1, 0.15) is 10.1 Å². The van der Waals surface area contributed by atoms with Crippen molar-refractivity contribution in [1.29, 1.82) is 0 Å². The van der Waals surface area contributed by atoms with Gasteiger partial charge in [0, 0.05) is 6.92 Å². The van der Waals surface area contributed by atoms with Gasteiger partial charge in [0.25, 0.3) is 11.7 Å². The van der Waals surface area contributed by atoms with Gasteiger partial charge in [-0.25, -0.2) is 8.42 Å². The van der Waals surface area contributed by atoms with Gasteiger partial charge in [-0.1, -0.05) is 22.7 Å². The van der Waals surface area contributed by atoms with Crippen LogP contribution in [0, 0.1) is 27.7 Å². The smallest absolute Gasteiger partial charge is 0.296 e. The Bertz CT molecular complexity index is 805. The molecule has 1 aromatic heterocycles. The number of nitrogen functional groups attached to an aromatic ring is 2. The van der Waals surface area contributed by atoms with Gasteiger partial charge in [-0.2, -0.15) is 0 Å². The Morgan fingerprint density at radius 1 is 1.12 bits per heavy atom. The molecule has 0 saturated carbocycles. The molecular weight excluding hydrogens is 332 g/mol. The zero-order valence-electron chi connectivity index (χ0n) is 14.3. The Morgan fingerprint density at radius 2 is 1.62 bits per heavy atom. The molecule has 0 atom stereocenters. The van der Waals surface area contributed by atoms with Crippen molar-refractivity contribution in [3.8, 4) is 5.88 Å². The topological polar surface area (TPSA) is 135 Å². The molecule has 4 N–H and O–H groups in total. The molecule has 1 aromatic carbocycles. The van der Waals surface area contributed by atoms with Crippen LogP contribution in [0.2, 0.25) is 0 Å². The number of hydrogen-bond donors (Lipinski definition) is 2. The first kappa shape index (κ1) is 19.7. The maximum absolute atomic E-state index is 10.8. The zero-order valence-corrected chi connectivity index (χ0v) is 15.1. The van der Waals surface area contributed by atoms with Gasteiger partial charge in [-0.3, -0.25) is 5.84 Å². The van der Waals surface area contributed by atoms with E-state index >= 15 is 0 Å². The fraction of sp³-hybridized carbons (Fsp3) is 0.333. The van der Waals surface area contributed by atoms with E-state index in [1.165, 1.54) is 11.8 Å². The normalized spacial score (nSPS) is 10.8. The van der Waals surface area contributed by atoms with E-state index in [0.29, 0.717) is 28.6 Å². The average molecular weight is 354 g/mol. The van der Waals surface area contributed by atoms with Crippen LogP contribution in [0.25, 0.3) is 0 Å².